The largest absolute Gasteiger partial charge is 0.480 e. The zero-order valence-corrected chi connectivity index (χ0v) is 14.3. The molecule has 0 aliphatic carbocycles. The molecular formula is C20H18N2O4. The Morgan fingerprint density at radius 2 is 1.85 bits per heavy atom. The average molecular weight is 350 g/mol. The van der Waals surface area contributed by atoms with Gasteiger partial charge in [-0.15, -0.1) is 0 Å². The molecule has 0 aromatic heterocycles. The van der Waals surface area contributed by atoms with Crippen LogP contribution in [0.25, 0.3) is 0 Å². The molecule has 6 nitrogen and oxygen atoms in total. The lowest BCUT2D eigenvalue weighted by Gasteiger charge is -2.35. The van der Waals surface area contributed by atoms with Crippen molar-refractivity contribution in [2.75, 3.05) is 0 Å². The van der Waals surface area contributed by atoms with Crippen LogP contribution in [0.5, 0.6) is 5.75 Å². The van der Waals surface area contributed by atoms with Crippen LogP contribution in [0.15, 0.2) is 48.5 Å². The van der Waals surface area contributed by atoms with Gasteiger partial charge in [0.2, 0.25) is 0 Å². The number of carbonyl (C=O) groups excluding carboxylic acids is 1. The number of aliphatic carboxylic acids is 1. The van der Waals surface area contributed by atoms with E-state index in [1.807, 2.05) is 30.3 Å². The van der Waals surface area contributed by atoms with Crippen molar-refractivity contribution in [1.82, 2.24) is 4.90 Å². The van der Waals surface area contributed by atoms with Crippen LogP contribution >= 0.6 is 0 Å². The number of benzene rings is 2. The molecule has 0 radical (unpaired) electrons. The number of carboxylic acid groups (broad SMARTS) is 1. The van der Waals surface area contributed by atoms with Gasteiger partial charge in [0, 0.05) is 13.0 Å². The summed E-state index contributed by atoms with van der Waals surface area (Å²) < 4.78 is 5.66. The Labute approximate surface area is 151 Å². The van der Waals surface area contributed by atoms with Gasteiger partial charge in [-0.25, -0.2) is 4.79 Å². The van der Waals surface area contributed by atoms with E-state index in [4.69, 9.17) is 10.00 Å². The summed E-state index contributed by atoms with van der Waals surface area (Å²) in [7, 11) is 0. The fourth-order valence-corrected chi connectivity index (χ4v) is 3.11. The lowest BCUT2D eigenvalue weighted by Crippen LogP contribution is -2.52. The SMILES string of the molecule is C[C@H](Oc1ccccc1C#N)C(=O)N1Cc2ccccc2C[C@H]1C(=O)O. The molecular weight excluding hydrogens is 332 g/mol. The van der Waals surface area contributed by atoms with Gasteiger partial charge in [-0.2, -0.15) is 5.26 Å². The number of ether oxygens (including phenoxy) is 1. The normalized spacial score (nSPS) is 16.9. The minimum absolute atomic E-state index is 0.222. The van der Waals surface area contributed by atoms with Gasteiger partial charge < -0.3 is 14.7 Å². The molecule has 0 unspecified atom stereocenters. The van der Waals surface area contributed by atoms with Crippen LogP contribution in [-0.4, -0.2) is 34.0 Å². The number of nitrogens with zero attached hydrogens (tertiary/aromatic N) is 2. The van der Waals surface area contributed by atoms with Crippen molar-refractivity contribution >= 4 is 11.9 Å². The Morgan fingerprint density at radius 3 is 2.54 bits per heavy atom. The smallest absolute Gasteiger partial charge is 0.326 e. The fourth-order valence-electron chi connectivity index (χ4n) is 3.11. The van der Waals surface area contributed by atoms with Crippen molar-refractivity contribution in [3.05, 3.63) is 65.2 Å². The number of amides is 1. The first kappa shape index (κ1) is 17.5. The lowest BCUT2D eigenvalue weighted by atomic mass is 9.93. The summed E-state index contributed by atoms with van der Waals surface area (Å²) in [6.07, 6.45) is -0.643. The third-order valence-corrected chi connectivity index (χ3v) is 4.48. The van der Waals surface area contributed by atoms with Crippen LogP contribution < -0.4 is 4.74 Å². The van der Waals surface area contributed by atoms with Crippen LogP contribution in [0.2, 0.25) is 0 Å². The van der Waals surface area contributed by atoms with E-state index in [0.29, 0.717) is 11.3 Å². The van der Waals surface area contributed by atoms with E-state index in [-0.39, 0.29) is 13.0 Å². The number of carboxylic acids is 1. The summed E-state index contributed by atoms with van der Waals surface area (Å²) >= 11 is 0. The van der Waals surface area contributed by atoms with Crippen LogP contribution in [0.3, 0.4) is 0 Å². The van der Waals surface area contributed by atoms with Gasteiger partial charge >= 0.3 is 5.97 Å². The third-order valence-electron chi connectivity index (χ3n) is 4.48. The van der Waals surface area contributed by atoms with Crippen molar-refractivity contribution in [1.29, 1.82) is 5.26 Å². The summed E-state index contributed by atoms with van der Waals surface area (Å²) in [5.41, 5.74) is 2.20. The Hall–Kier alpha value is -3.33. The quantitative estimate of drug-likeness (QED) is 0.914. The molecule has 1 aliphatic rings. The van der Waals surface area contributed by atoms with E-state index >= 15 is 0 Å². The molecule has 132 valence electrons. The molecule has 0 bridgehead atoms. The molecule has 3 rings (SSSR count). The number of fused-ring (bicyclic) bond motifs is 1. The monoisotopic (exact) mass is 350 g/mol. The first-order valence-corrected chi connectivity index (χ1v) is 8.27. The fraction of sp³-hybridized carbons (Fsp3) is 0.250. The molecule has 2 aromatic rings. The molecule has 0 spiro atoms. The first-order valence-electron chi connectivity index (χ1n) is 8.27. The van der Waals surface area contributed by atoms with E-state index in [0.717, 1.165) is 11.1 Å². The summed E-state index contributed by atoms with van der Waals surface area (Å²) in [6, 6.07) is 15.2. The lowest BCUT2D eigenvalue weighted by molar-refractivity contribution is -0.154. The van der Waals surface area contributed by atoms with E-state index in [9.17, 15) is 14.7 Å². The molecule has 1 amide bonds. The Balaban J connectivity index is 1.83. The minimum atomic E-state index is -1.04. The molecule has 2 atom stereocenters. The number of hydrogen-bond acceptors (Lipinski definition) is 4. The molecule has 6 heteroatoms. The second kappa shape index (κ2) is 7.28. The van der Waals surface area contributed by atoms with E-state index in [2.05, 4.69) is 0 Å². The zero-order chi connectivity index (χ0) is 18.7. The predicted molar refractivity (Wildman–Crippen MR) is 93.4 cm³/mol. The van der Waals surface area contributed by atoms with Gasteiger partial charge in [-0.3, -0.25) is 4.79 Å². The minimum Gasteiger partial charge on any atom is -0.480 e. The van der Waals surface area contributed by atoms with E-state index in [1.165, 1.54) is 4.90 Å². The molecule has 1 aliphatic heterocycles. The van der Waals surface area contributed by atoms with Gasteiger partial charge in [0.25, 0.3) is 5.91 Å². The van der Waals surface area contributed by atoms with Crippen LogP contribution in [0.1, 0.15) is 23.6 Å². The van der Waals surface area contributed by atoms with Gasteiger partial charge in [0.15, 0.2) is 6.10 Å². The summed E-state index contributed by atoms with van der Waals surface area (Å²) in [6.45, 7) is 1.79. The van der Waals surface area contributed by atoms with Crippen molar-refractivity contribution in [2.45, 2.75) is 32.0 Å². The molecule has 0 saturated carbocycles. The summed E-state index contributed by atoms with van der Waals surface area (Å²) in [5, 5.41) is 18.7. The van der Waals surface area contributed by atoms with Crippen LogP contribution in [0.4, 0.5) is 0 Å². The highest BCUT2D eigenvalue weighted by Gasteiger charge is 2.37. The predicted octanol–water partition coefficient (Wildman–Crippen LogP) is 2.36. The van der Waals surface area contributed by atoms with Crippen molar-refractivity contribution in [3.63, 3.8) is 0 Å². The summed E-state index contributed by atoms with van der Waals surface area (Å²) in [4.78, 5) is 25.9. The molecule has 1 heterocycles. The highest BCUT2D eigenvalue weighted by atomic mass is 16.5. The highest BCUT2D eigenvalue weighted by molar-refractivity contribution is 5.87. The van der Waals surface area contributed by atoms with E-state index < -0.39 is 24.0 Å². The van der Waals surface area contributed by atoms with Gasteiger partial charge in [0.05, 0.1) is 5.56 Å². The van der Waals surface area contributed by atoms with Gasteiger partial charge in [-0.05, 0) is 30.2 Å². The van der Waals surface area contributed by atoms with Crippen LogP contribution in [-0.2, 0) is 22.6 Å². The standard InChI is InChI=1S/C20H18N2O4/c1-13(26-18-9-5-4-7-15(18)11-21)19(23)22-12-16-8-3-2-6-14(16)10-17(22)20(24)25/h2-9,13,17H,10,12H2,1H3,(H,24,25)/t13-,17-/m0/s1. The second-order valence-electron chi connectivity index (χ2n) is 6.16. The molecule has 1 N–H and O–H groups in total. The maximum Gasteiger partial charge on any atom is 0.326 e. The number of hydrogen-bond donors (Lipinski definition) is 1. The van der Waals surface area contributed by atoms with Crippen molar-refractivity contribution in [2.24, 2.45) is 0 Å². The molecule has 0 saturated heterocycles. The number of carbonyl (C=O) groups is 2. The number of para-hydroxylation sites is 1. The van der Waals surface area contributed by atoms with Gasteiger partial charge in [0.1, 0.15) is 17.9 Å². The molecule has 0 fully saturated rings. The van der Waals surface area contributed by atoms with Crippen molar-refractivity contribution in [3.8, 4) is 11.8 Å². The zero-order valence-electron chi connectivity index (χ0n) is 14.3. The van der Waals surface area contributed by atoms with Gasteiger partial charge in [-0.1, -0.05) is 36.4 Å². The number of nitriles is 1. The summed E-state index contributed by atoms with van der Waals surface area (Å²) in [5.74, 6) is -1.16. The Kier molecular flexibility index (Phi) is 4.90. The maximum atomic E-state index is 12.9. The third kappa shape index (κ3) is 3.38. The number of rotatable bonds is 4. The van der Waals surface area contributed by atoms with Crippen LogP contribution in [0, 0.1) is 11.3 Å². The maximum absolute atomic E-state index is 12.9. The highest BCUT2D eigenvalue weighted by Crippen LogP contribution is 2.25. The first-order chi connectivity index (χ1) is 12.5. The average Bonchev–Trinajstić information content (AvgIpc) is 2.66. The Morgan fingerprint density at radius 1 is 1.19 bits per heavy atom. The molecule has 2 aromatic carbocycles. The second-order valence-corrected chi connectivity index (χ2v) is 6.16. The topological polar surface area (TPSA) is 90.6 Å². The molecule has 26 heavy (non-hydrogen) atoms. The van der Waals surface area contributed by atoms with Crippen molar-refractivity contribution < 1.29 is 19.4 Å². The van der Waals surface area contributed by atoms with E-state index in [1.54, 1.807) is 31.2 Å². The Bertz CT molecular complexity index is 887.